The van der Waals surface area contributed by atoms with Crippen LogP contribution < -0.4 is 15.9 Å². The average Bonchev–Trinajstić information content (AvgIpc) is 3.34. The van der Waals surface area contributed by atoms with Crippen molar-refractivity contribution in [2.24, 2.45) is 0 Å². The SMILES string of the molecule is CCc1cc(-c2nc3ccccc3n2-c2ccccc2)cc(P(c2ccccc2)c2ccccc2)c1. The maximum atomic E-state index is 5.15. The Bertz CT molecular complexity index is 1570. The van der Waals surface area contributed by atoms with Crippen molar-refractivity contribution in [3.63, 3.8) is 0 Å². The Morgan fingerprint density at radius 2 is 1.19 bits per heavy atom. The molecule has 0 amide bonds. The van der Waals surface area contributed by atoms with Gasteiger partial charge in [-0.15, -0.1) is 0 Å². The first kappa shape index (κ1) is 22.5. The lowest BCUT2D eigenvalue weighted by Gasteiger charge is -2.21. The fraction of sp³-hybridized carbons (Fsp3) is 0.0606. The second-order valence-corrected chi connectivity index (χ2v) is 11.1. The molecule has 0 radical (unpaired) electrons. The molecular weight excluding hydrogens is 455 g/mol. The molecule has 0 aliphatic heterocycles. The minimum Gasteiger partial charge on any atom is -0.292 e. The molecule has 0 spiro atoms. The zero-order valence-electron chi connectivity index (χ0n) is 20.3. The van der Waals surface area contributed by atoms with Gasteiger partial charge in [0.2, 0.25) is 0 Å². The predicted molar refractivity (Wildman–Crippen MR) is 155 cm³/mol. The molecule has 0 atom stereocenters. The molecule has 1 heterocycles. The predicted octanol–water partition coefficient (Wildman–Crippen LogP) is 7.01. The summed E-state index contributed by atoms with van der Waals surface area (Å²) in [5.41, 5.74) is 5.74. The van der Waals surface area contributed by atoms with E-state index in [4.69, 9.17) is 4.98 Å². The van der Waals surface area contributed by atoms with E-state index in [2.05, 4.69) is 145 Å². The lowest BCUT2D eigenvalue weighted by Crippen LogP contribution is -2.21. The first-order valence-corrected chi connectivity index (χ1v) is 13.7. The molecule has 5 aromatic carbocycles. The van der Waals surface area contributed by atoms with E-state index >= 15 is 0 Å². The molecule has 0 bridgehead atoms. The van der Waals surface area contributed by atoms with E-state index < -0.39 is 7.92 Å². The Morgan fingerprint density at radius 1 is 0.611 bits per heavy atom. The molecule has 6 rings (SSSR count). The first-order valence-electron chi connectivity index (χ1n) is 12.4. The number of rotatable bonds is 6. The summed E-state index contributed by atoms with van der Waals surface area (Å²) in [7, 11) is -0.699. The van der Waals surface area contributed by atoms with E-state index in [0.717, 1.165) is 34.5 Å². The van der Waals surface area contributed by atoms with Gasteiger partial charge >= 0.3 is 0 Å². The van der Waals surface area contributed by atoms with E-state index in [1.807, 2.05) is 0 Å². The standard InChI is InChI=1S/C33H27N2P/c1-2-25-22-26(33-34-31-20-12-13-21-32(31)35(33)27-14-6-3-7-15-27)24-30(23-25)36(28-16-8-4-9-17-28)29-18-10-5-11-19-29/h3-24H,2H2,1H3. The van der Waals surface area contributed by atoms with E-state index in [-0.39, 0.29) is 0 Å². The molecule has 6 aromatic rings. The number of benzene rings is 5. The summed E-state index contributed by atoms with van der Waals surface area (Å²) < 4.78 is 2.29. The minimum atomic E-state index is -0.699. The molecule has 0 aliphatic rings. The smallest absolute Gasteiger partial charge is 0.145 e. The van der Waals surface area contributed by atoms with Crippen LogP contribution in [0.1, 0.15) is 12.5 Å². The van der Waals surface area contributed by atoms with E-state index in [1.54, 1.807) is 0 Å². The third-order valence-electron chi connectivity index (χ3n) is 6.51. The molecule has 0 fully saturated rings. The third-order valence-corrected chi connectivity index (χ3v) is 8.91. The van der Waals surface area contributed by atoms with Gasteiger partial charge in [-0.25, -0.2) is 4.98 Å². The van der Waals surface area contributed by atoms with Crippen LogP contribution in [0.25, 0.3) is 28.1 Å². The van der Waals surface area contributed by atoms with Crippen molar-refractivity contribution >= 4 is 34.9 Å². The van der Waals surface area contributed by atoms with Crippen LogP contribution in [0.15, 0.2) is 133 Å². The molecule has 0 saturated heterocycles. The Labute approximate surface area is 213 Å². The van der Waals surface area contributed by atoms with Gasteiger partial charge in [0.05, 0.1) is 11.0 Å². The van der Waals surface area contributed by atoms with Crippen molar-refractivity contribution in [3.8, 4) is 17.1 Å². The van der Waals surface area contributed by atoms with Gasteiger partial charge in [0.15, 0.2) is 0 Å². The average molecular weight is 483 g/mol. The zero-order valence-corrected chi connectivity index (χ0v) is 21.1. The lowest BCUT2D eigenvalue weighted by molar-refractivity contribution is 1.09. The van der Waals surface area contributed by atoms with Gasteiger partial charge in [-0.3, -0.25) is 4.57 Å². The fourth-order valence-corrected chi connectivity index (χ4v) is 7.19. The van der Waals surface area contributed by atoms with Crippen LogP contribution in [0.2, 0.25) is 0 Å². The highest BCUT2D eigenvalue weighted by atomic mass is 31.1. The van der Waals surface area contributed by atoms with Gasteiger partial charge in [0, 0.05) is 11.3 Å². The van der Waals surface area contributed by atoms with Crippen LogP contribution in [-0.2, 0) is 6.42 Å². The second kappa shape index (κ2) is 9.93. The molecule has 36 heavy (non-hydrogen) atoms. The van der Waals surface area contributed by atoms with Crippen molar-refractivity contribution in [1.29, 1.82) is 0 Å². The highest BCUT2D eigenvalue weighted by Gasteiger charge is 2.20. The van der Waals surface area contributed by atoms with Crippen LogP contribution in [-0.4, -0.2) is 9.55 Å². The maximum absolute atomic E-state index is 5.15. The van der Waals surface area contributed by atoms with Crippen LogP contribution in [0, 0.1) is 0 Å². The molecule has 174 valence electrons. The van der Waals surface area contributed by atoms with E-state index in [9.17, 15) is 0 Å². The summed E-state index contributed by atoms with van der Waals surface area (Å²) in [6.45, 7) is 2.23. The fourth-order valence-electron chi connectivity index (χ4n) is 4.80. The van der Waals surface area contributed by atoms with Gasteiger partial charge in [-0.2, -0.15) is 0 Å². The number of nitrogens with zero attached hydrogens (tertiary/aromatic N) is 2. The van der Waals surface area contributed by atoms with Crippen LogP contribution in [0.4, 0.5) is 0 Å². The first-order chi connectivity index (χ1) is 17.8. The molecule has 0 aliphatic carbocycles. The summed E-state index contributed by atoms with van der Waals surface area (Å²) in [4.78, 5) is 5.15. The molecule has 1 aromatic heterocycles. The number of aromatic nitrogens is 2. The Balaban J connectivity index is 1.60. The van der Waals surface area contributed by atoms with Crippen LogP contribution in [0.3, 0.4) is 0 Å². The molecule has 0 saturated carbocycles. The molecule has 0 N–H and O–H groups in total. The number of fused-ring (bicyclic) bond motifs is 1. The largest absolute Gasteiger partial charge is 0.292 e. The molecule has 0 unspecified atom stereocenters. The Kier molecular flexibility index (Phi) is 6.20. The van der Waals surface area contributed by atoms with Crippen molar-refractivity contribution in [2.45, 2.75) is 13.3 Å². The quantitative estimate of drug-likeness (QED) is 0.234. The van der Waals surface area contributed by atoms with E-state index in [1.165, 1.54) is 21.5 Å². The maximum Gasteiger partial charge on any atom is 0.145 e. The highest BCUT2D eigenvalue weighted by Crippen LogP contribution is 2.36. The van der Waals surface area contributed by atoms with Crippen molar-refractivity contribution in [1.82, 2.24) is 9.55 Å². The number of aryl methyl sites for hydroxylation is 1. The summed E-state index contributed by atoms with van der Waals surface area (Å²) in [6.07, 6.45) is 0.971. The number of hydrogen-bond donors (Lipinski definition) is 0. The number of imidazole rings is 1. The number of hydrogen-bond acceptors (Lipinski definition) is 1. The summed E-state index contributed by atoms with van der Waals surface area (Å²) in [5, 5.41) is 4.06. The molecular formula is C33H27N2P. The van der Waals surface area contributed by atoms with Gasteiger partial charge in [0.25, 0.3) is 0 Å². The lowest BCUT2D eigenvalue weighted by atomic mass is 10.1. The molecule has 2 nitrogen and oxygen atoms in total. The van der Waals surface area contributed by atoms with Crippen molar-refractivity contribution < 1.29 is 0 Å². The van der Waals surface area contributed by atoms with Gasteiger partial charge < -0.3 is 0 Å². The van der Waals surface area contributed by atoms with Gasteiger partial charge in [0.1, 0.15) is 5.82 Å². The Hall–Kier alpha value is -4.00. The monoisotopic (exact) mass is 482 g/mol. The van der Waals surface area contributed by atoms with Crippen LogP contribution in [0.5, 0.6) is 0 Å². The van der Waals surface area contributed by atoms with Crippen molar-refractivity contribution in [2.75, 3.05) is 0 Å². The topological polar surface area (TPSA) is 17.8 Å². The van der Waals surface area contributed by atoms with Gasteiger partial charge in [-0.05, 0) is 72.2 Å². The summed E-state index contributed by atoms with van der Waals surface area (Å²) in [6, 6.07) is 47.8. The second-order valence-electron chi connectivity index (χ2n) is 8.84. The third kappa shape index (κ3) is 4.26. The summed E-state index contributed by atoms with van der Waals surface area (Å²) in [5.74, 6) is 0.982. The van der Waals surface area contributed by atoms with Crippen molar-refractivity contribution in [3.05, 3.63) is 139 Å². The normalized spacial score (nSPS) is 11.3. The zero-order chi connectivity index (χ0) is 24.3. The highest BCUT2D eigenvalue weighted by molar-refractivity contribution is 7.79. The molecule has 3 heteroatoms. The summed E-state index contributed by atoms with van der Waals surface area (Å²) >= 11 is 0. The van der Waals surface area contributed by atoms with E-state index in [0.29, 0.717) is 0 Å². The number of para-hydroxylation sites is 3. The van der Waals surface area contributed by atoms with Gasteiger partial charge in [-0.1, -0.05) is 104 Å². The minimum absolute atomic E-state index is 0.699. The van der Waals surface area contributed by atoms with Crippen LogP contribution >= 0.6 is 7.92 Å². The Morgan fingerprint density at radius 3 is 1.83 bits per heavy atom.